The second-order valence-electron chi connectivity index (χ2n) is 6.21. The van der Waals surface area contributed by atoms with E-state index in [1.54, 1.807) is 6.07 Å². The van der Waals surface area contributed by atoms with Gasteiger partial charge in [0, 0.05) is 24.7 Å². The third kappa shape index (κ3) is 3.32. The molecule has 0 aromatic heterocycles. The van der Waals surface area contributed by atoms with Gasteiger partial charge in [0.05, 0.1) is 4.90 Å². The van der Waals surface area contributed by atoms with Crippen LogP contribution in [0.3, 0.4) is 0 Å². The van der Waals surface area contributed by atoms with Crippen LogP contribution in [0.5, 0.6) is 0 Å². The molecule has 1 N–H and O–H groups in total. The molecule has 0 amide bonds. The molecular weight excluding hydrogens is 320 g/mol. The lowest BCUT2D eigenvalue weighted by Gasteiger charge is -2.26. The number of nitrogens with zero attached hydrogens (tertiary/aromatic N) is 1. The molecule has 128 valence electrons. The van der Waals surface area contributed by atoms with Crippen molar-refractivity contribution in [3.05, 3.63) is 59.7 Å². The van der Waals surface area contributed by atoms with Gasteiger partial charge >= 0.3 is 0 Å². The minimum Gasteiger partial charge on any atom is -0.370 e. The molecule has 5 heteroatoms. The van der Waals surface area contributed by atoms with E-state index in [2.05, 4.69) is 40.8 Å². The van der Waals surface area contributed by atoms with Crippen LogP contribution in [0.1, 0.15) is 30.4 Å². The number of rotatable bonds is 6. The molecule has 0 saturated heterocycles. The molecule has 24 heavy (non-hydrogen) atoms. The van der Waals surface area contributed by atoms with E-state index in [0.29, 0.717) is 10.8 Å². The van der Waals surface area contributed by atoms with Crippen LogP contribution >= 0.6 is 0 Å². The van der Waals surface area contributed by atoms with Crippen LogP contribution in [-0.2, 0) is 16.4 Å². The Morgan fingerprint density at radius 1 is 1.17 bits per heavy atom. The van der Waals surface area contributed by atoms with E-state index in [1.165, 1.54) is 18.3 Å². The first kappa shape index (κ1) is 17.0. The van der Waals surface area contributed by atoms with Gasteiger partial charge in [-0.05, 0) is 49.2 Å². The monoisotopic (exact) mass is 344 g/mol. The molecule has 0 unspecified atom stereocenters. The Hall–Kier alpha value is -1.85. The highest BCUT2D eigenvalue weighted by molar-refractivity contribution is 7.89. The Bertz CT molecular complexity index is 803. The van der Waals surface area contributed by atoms with Crippen LogP contribution < -0.4 is 9.62 Å². The summed E-state index contributed by atoms with van der Waals surface area (Å²) in [6, 6.07) is 16.1. The molecule has 3 rings (SSSR count). The van der Waals surface area contributed by atoms with Gasteiger partial charge < -0.3 is 4.90 Å². The highest BCUT2D eigenvalue weighted by Gasteiger charge is 2.24. The lowest BCUT2D eigenvalue weighted by atomic mass is 9.96. The number of anilines is 1. The molecule has 0 aliphatic carbocycles. The molecule has 1 aliphatic rings. The zero-order valence-corrected chi connectivity index (χ0v) is 15.0. The maximum absolute atomic E-state index is 12.0. The van der Waals surface area contributed by atoms with Crippen LogP contribution in [0.2, 0.25) is 0 Å². The highest BCUT2D eigenvalue weighted by Crippen LogP contribution is 2.32. The first-order valence-corrected chi connectivity index (χ1v) is 9.90. The normalized spacial score (nSPS) is 15.3. The number of nitrogens with one attached hydrogen (secondary N) is 1. The summed E-state index contributed by atoms with van der Waals surface area (Å²) in [6.45, 7) is 4.13. The van der Waals surface area contributed by atoms with Gasteiger partial charge in [-0.2, -0.15) is 0 Å². The van der Waals surface area contributed by atoms with Gasteiger partial charge in [-0.25, -0.2) is 13.1 Å². The molecule has 1 atom stereocenters. The number of benzene rings is 2. The average molecular weight is 344 g/mol. The number of sulfonamides is 1. The van der Waals surface area contributed by atoms with E-state index in [4.69, 9.17) is 0 Å². The first-order valence-electron chi connectivity index (χ1n) is 8.41. The van der Waals surface area contributed by atoms with Crippen LogP contribution in [-0.4, -0.2) is 28.6 Å². The van der Waals surface area contributed by atoms with E-state index >= 15 is 0 Å². The minimum absolute atomic E-state index is 0.348. The van der Waals surface area contributed by atoms with Crippen molar-refractivity contribution in [1.29, 1.82) is 0 Å². The smallest absolute Gasteiger partial charge is 0.240 e. The van der Waals surface area contributed by atoms with Gasteiger partial charge in [-0.3, -0.25) is 0 Å². The molecule has 0 fully saturated rings. The topological polar surface area (TPSA) is 49.4 Å². The van der Waals surface area contributed by atoms with E-state index < -0.39 is 10.0 Å². The predicted octanol–water partition coefficient (Wildman–Crippen LogP) is 3.15. The first-order chi connectivity index (χ1) is 11.5. The Morgan fingerprint density at radius 3 is 2.58 bits per heavy atom. The molecule has 1 heterocycles. The van der Waals surface area contributed by atoms with Crippen molar-refractivity contribution in [1.82, 2.24) is 4.72 Å². The number of hydrogen-bond acceptors (Lipinski definition) is 3. The van der Waals surface area contributed by atoms with Crippen LogP contribution in [0.4, 0.5) is 5.69 Å². The zero-order chi connectivity index (χ0) is 17.2. The van der Waals surface area contributed by atoms with Crippen molar-refractivity contribution in [3.63, 3.8) is 0 Å². The molecule has 2 aromatic rings. The SMILES string of the molecule is CC[C@H](CN1CCc2cc(S(=O)(=O)NC)ccc21)c1ccccc1. The summed E-state index contributed by atoms with van der Waals surface area (Å²) in [4.78, 5) is 2.73. The number of fused-ring (bicyclic) bond motifs is 1. The summed E-state index contributed by atoms with van der Waals surface area (Å²) in [5, 5.41) is 0. The van der Waals surface area contributed by atoms with Crippen molar-refractivity contribution in [2.75, 3.05) is 25.0 Å². The maximum Gasteiger partial charge on any atom is 0.240 e. The molecule has 1 aliphatic heterocycles. The van der Waals surface area contributed by atoms with Gasteiger partial charge in [-0.1, -0.05) is 37.3 Å². The fraction of sp³-hybridized carbons (Fsp3) is 0.368. The van der Waals surface area contributed by atoms with Crippen LogP contribution in [0.25, 0.3) is 0 Å². The second kappa shape index (κ2) is 6.95. The van der Waals surface area contributed by atoms with Gasteiger partial charge in [0.2, 0.25) is 10.0 Å². The molecule has 2 aromatic carbocycles. The van der Waals surface area contributed by atoms with Crippen molar-refractivity contribution < 1.29 is 8.42 Å². The average Bonchev–Trinajstić information content (AvgIpc) is 3.02. The summed E-state index contributed by atoms with van der Waals surface area (Å²) in [5.41, 5.74) is 3.65. The summed E-state index contributed by atoms with van der Waals surface area (Å²) in [5.74, 6) is 0.484. The van der Waals surface area contributed by atoms with E-state index in [-0.39, 0.29) is 0 Å². The van der Waals surface area contributed by atoms with E-state index in [1.807, 2.05) is 18.2 Å². The van der Waals surface area contributed by atoms with E-state index in [9.17, 15) is 8.42 Å². The molecular formula is C19H24N2O2S. The van der Waals surface area contributed by atoms with Gasteiger partial charge in [-0.15, -0.1) is 0 Å². The Morgan fingerprint density at radius 2 is 1.92 bits per heavy atom. The lowest BCUT2D eigenvalue weighted by molar-refractivity contribution is 0.588. The Balaban J connectivity index is 1.82. The summed E-state index contributed by atoms with van der Waals surface area (Å²) >= 11 is 0. The van der Waals surface area contributed by atoms with Gasteiger partial charge in [0.1, 0.15) is 0 Å². The van der Waals surface area contributed by atoms with Crippen LogP contribution in [0.15, 0.2) is 53.4 Å². The molecule has 0 spiro atoms. The molecule has 0 saturated carbocycles. The summed E-state index contributed by atoms with van der Waals surface area (Å²) in [7, 11) is -1.93. The quantitative estimate of drug-likeness (QED) is 0.876. The Kier molecular flexibility index (Phi) is 4.92. The Labute approximate surface area is 144 Å². The van der Waals surface area contributed by atoms with Crippen molar-refractivity contribution in [2.45, 2.75) is 30.6 Å². The third-order valence-electron chi connectivity index (χ3n) is 4.83. The fourth-order valence-electron chi connectivity index (χ4n) is 3.38. The largest absolute Gasteiger partial charge is 0.370 e. The predicted molar refractivity (Wildman–Crippen MR) is 98.1 cm³/mol. The highest BCUT2D eigenvalue weighted by atomic mass is 32.2. The summed E-state index contributed by atoms with van der Waals surface area (Å²) < 4.78 is 26.3. The van der Waals surface area contributed by atoms with Crippen molar-refractivity contribution in [2.24, 2.45) is 0 Å². The van der Waals surface area contributed by atoms with Crippen molar-refractivity contribution >= 4 is 15.7 Å². The summed E-state index contributed by atoms with van der Waals surface area (Å²) in [6.07, 6.45) is 1.98. The molecule has 4 nitrogen and oxygen atoms in total. The second-order valence-corrected chi connectivity index (χ2v) is 8.10. The standard InChI is InChI=1S/C19H24N2O2S/c1-3-15(16-7-5-4-6-8-16)14-21-12-11-17-13-18(9-10-19(17)21)24(22,23)20-2/h4-10,13,15,20H,3,11-12,14H2,1-2H3/t15-/m1/s1. The van der Waals surface area contributed by atoms with Crippen LogP contribution in [0, 0.1) is 0 Å². The maximum atomic E-state index is 12.0. The lowest BCUT2D eigenvalue weighted by Crippen LogP contribution is -2.26. The fourth-order valence-corrected chi connectivity index (χ4v) is 4.16. The molecule has 0 radical (unpaired) electrons. The molecule has 0 bridgehead atoms. The number of hydrogen-bond donors (Lipinski definition) is 1. The third-order valence-corrected chi connectivity index (χ3v) is 6.24. The minimum atomic E-state index is -3.38. The van der Waals surface area contributed by atoms with Gasteiger partial charge in [0.25, 0.3) is 0 Å². The zero-order valence-electron chi connectivity index (χ0n) is 14.2. The van der Waals surface area contributed by atoms with Gasteiger partial charge in [0.15, 0.2) is 0 Å². The van der Waals surface area contributed by atoms with E-state index in [0.717, 1.165) is 31.5 Å². The van der Waals surface area contributed by atoms with Crippen molar-refractivity contribution in [3.8, 4) is 0 Å².